The zero-order chi connectivity index (χ0) is 16.8. The SMILES string of the molecule is CN(Cc1cc(Cl)cn1C)CC(O)COc1ccc(C#N)cc1. The minimum atomic E-state index is -0.605. The lowest BCUT2D eigenvalue weighted by molar-refractivity contribution is 0.0738. The van der Waals surface area contributed by atoms with E-state index in [4.69, 9.17) is 21.6 Å². The van der Waals surface area contributed by atoms with Gasteiger partial charge in [-0.3, -0.25) is 4.90 Å². The standard InChI is InChI=1S/C17H20ClN3O2/c1-20(10-15-7-14(18)9-21(15)2)11-16(22)12-23-17-5-3-13(8-19)4-6-17/h3-7,9,16,22H,10-12H2,1-2H3. The molecule has 1 aromatic carbocycles. The fourth-order valence-electron chi connectivity index (χ4n) is 2.30. The molecule has 1 aromatic heterocycles. The van der Waals surface area contributed by atoms with E-state index in [1.54, 1.807) is 24.3 Å². The molecule has 0 amide bonds. The van der Waals surface area contributed by atoms with Crippen LogP contribution in [0.1, 0.15) is 11.3 Å². The van der Waals surface area contributed by atoms with Crippen LogP contribution in [0.4, 0.5) is 0 Å². The number of aliphatic hydroxyl groups excluding tert-OH is 1. The Hall–Kier alpha value is -2.00. The molecule has 0 aliphatic heterocycles. The van der Waals surface area contributed by atoms with E-state index >= 15 is 0 Å². The predicted molar refractivity (Wildman–Crippen MR) is 89.4 cm³/mol. The van der Waals surface area contributed by atoms with Crippen molar-refractivity contribution in [1.29, 1.82) is 5.26 Å². The highest BCUT2D eigenvalue weighted by atomic mass is 35.5. The molecule has 23 heavy (non-hydrogen) atoms. The molecule has 0 aliphatic rings. The molecule has 122 valence electrons. The second-order valence-corrected chi connectivity index (χ2v) is 5.99. The van der Waals surface area contributed by atoms with E-state index in [0.717, 1.165) is 5.69 Å². The number of hydrogen-bond donors (Lipinski definition) is 1. The molecule has 0 fully saturated rings. The van der Waals surface area contributed by atoms with Gasteiger partial charge in [0.2, 0.25) is 0 Å². The number of nitriles is 1. The third-order valence-electron chi connectivity index (χ3n) is 3.45. The lowest BCUT2D eigenvalue weighted by Crippen LogP contribution is -2.33. The van der Waals surface area contributed by atoms with Crippen LogP contribution < -0.4 is 4.74 Å². The molecule has 5 nitrogen and oxygen atoms in total. The van der Waals surface area contributed by atoms with E-state index in [0.29, 0.717) is 29.4 Å². The van der Waals surface area contributed by atoms with Gasteiger partial charge in [0, 0.05) is 32.0 Å². The fourth-order valence-corrected chi connectivity index (χ4v) is 2.57. The normalized spacial score (nSPS) is 12.2. The third kappa shape index (κ3) is 5.29. The van der Waals surface area contributed by atoms with Crippen molar-refractivity contribution in [2.45, 2.75) is 12.6 Å². The summed E-state index contributed by atoms with van der Waals surface area (Å²) in [7, 11) is 3.88. The van der Waals surface area contributed by atoms with E-state index < -0.39 is 6.10 Å². The van der Waals surface area contributed by atoms with Crippen LogP contribution in [0, 0.1) is 11.3 Å². The summed E-state index contributed by atoms with van der Waals surface area (Å²) in [5, 5.41) is 19.5. The number of aryl methyl sites for hydroxylation is 1. The molecule has 2 rings (SSSR count). The summed E-state index contributed by atoms with van der Waals surface area (Å²) in [6.45, 7) is 1.38. The van der Waals surface area contributed by atoms with Crippen molar-refractivity contribution in [3.05, 3.63) is 52.8 Å². The van der Waals surface area contributed by atoms with Gasteiger partial charge in [-0.05, 0) is 37.4 Å². The van der Waals surface area contributed by atoms with Crippen molar-refractivity contribution in [3.8, 4) is 11.8 Å². The number of rotatable bonds is 7. The molecule has 1 atom stereocenters. The zero-order valence-electron chi connectivity index (χ0n) is 13.2. The van der Waals surface area contributed by atoms with E-state index in [1.807, 2.05) is 35.8 Å². The average molecular weight is 334 g/mol. The van der Waals surface area contributed by atoms with Gasteiger partial charge in [0.1, 0.15) is 18.5 Å². The molecule has 6 heteroatoms. The number of aromatic nitrogens is 1. The zero-order valence-corrected chi connectivity index (χ0v) is 14.0. The molecular formula is C17H20ClN3O2. The van der Waals surface area contributed by atoms with Crippen LogP contribution in [0.3, 0.4) is 0 Å². The molecule has 1 unspecified atom stereocenters. The number of nitrogens with zero attached hydrogens (tertiary/aromatic N) is 3. The Labute approximate surface area is 141 Å². The first-order valence-electron chi connectivity index (χ1n) is 7.28. The van der Waals surface area contributed by atoms with Crippen molar-refractivity contribution >= 4 is 11.6 Å². The molecule has 0 saturated carbocycles. The van der Waals surface area contributed by atoms with Gasteiger partial charge in [-0.15, -0.1) is 0 Å². The highest BCUT2D eigenvalue weighted by Gasteiger charge is 2.11. The molecule has 1 heterocycles. The number of hydrogen-bond acceptors (Lipinski definition) is 4. The van der Waals surface area contributed by atoms with Crippen molar-refractivity contribution in [2.75, 3.05) is 20.2 Å². The van der Waals surface area contributed by atoms with E-state index in [-0.39, 0.29) is 6.61 Å². The largest absolute Gasteiger partial charge is 0.491 e. The molecule has 0 bridgehead atoms. The number of ether oxygens (including phenoxy) is 1. The van der Waals surface area contributed by atoms with Crippen molar-refractivity contribution < 1.29 is 9.84 Å². The average Bonchev–Trinajstić information content (AvgIpc) is 2.83. The van der Waals surface area contributed by atoms with Gasteiger partial charge in [-0.25, -0.2) is 0 Å². The monoisotopic (exact) mass is 333 g/mol. The maximum absolute atomic E-state index is 10.1. The lowest BCUT2D eigenvalue weighted by atomic mass is 10.2. The van der Waals surface area contributed by atoms with Crippen LogP contribution in [0.25, 0.3) is 0 Å². The fraction of sp³-hybridized carbons (Fsp3) is 0.353. The summed E-state index contributed by atoms with van der Waals surface area (Å²) < 4.78 is 7.50. The van der Waals surface area contributed by atoms with E-state index in [9.17, 15) is 5.11 Å². The summed E-state index contributed by atoms with van der Waals surface area (Å²) >= 11 is 5.97. The van der Waals surface area contributed by atoms with Crippen molar-refractivity contribution in [1.82, 2.24) is 9.47 Å². The van der Waals surface area contributed by atoms with Crippen LogP contribution in [0.2, 0.25) is 5.02 Å². The van der Waals surface area contributed by atoms with Crippen LogP contribution in [0.5, 0.6) is 5.75 Å². The van der Waals surface area contributed by atoms with Gasteiger partial charge >= 0.3 is 0 Å². The van der Waals surface area contributed by atoms with Crippen LogP contribution in [-0.2, 0) is 13.6 Å². The first kappa shape index (κ1) is 17.4. The summed E-state index contributed by atoms with van der Waals surface area (Å²) in [4.78, 5) is 2.01. The van der Waals surface area contributed by atoms with Gasteiger partial charge < -0.3 is 14.4 Å². The molecule has 0 radical (unpaired) electrons. The maximum Gasteiger partial charge on any atom is 0.119 e. The molecule has 1 N–H and O–H groups in total. The Morgan fingerprint density at radius 2 is 2.09 bits per heavy atom. The van der Waals surface area contributed by atoms with Crippen molar-refractivity contribution in [2.24, 2.45) is 7.05 Å². The summed E-state index contributed by atoms with van der Waals surface area (Å²) in [5.74, 6) is 0.639. The van der Waals surface area contributed by atoms with Gasteiger partial charge in [-0.2, -0.15) is 5.26 Å². The highest BCUT2D eigenvalue weighted by molar-refractivity contribution is 6.30. The quantitative estimate of drug-likeness (QED) is 0.845. The van der Waals surface area contributed by atoms with Gasteiger partial charge in [0.05, 0.1) is 16.7 Å². The number of aliphatic hydroxyl groups is 1. The summed E-state index contributed by atoms with van der Waals surface area (Å²) in [6.07, 6.45) is 1.25. The Morgan fingerprint density at radius 1 is 1.39 bits per heavy atom. The van der Waals surface area contributed by atoms with Gasteiger partial charge in [0.25, 0.3) is 0 Å². The smallest absolute Gasteiger partial charge is 0.119 e. The molecule has 0 aliphatic carbocycles. The third-order valence-corrected chi connectivity index (χ3v) is 3.66. The second-order valence-electron chi connectivity index (χ2n) is 5.56. The van der Waals surface area contributed by atoms with Crippen LogP contribution >= 0.6 is 11.6 Å². The van der Waals surface area contributed by atoms with Crippen LogP contribution in [0.15, 0.2) is 36.5 Å². The number of benzene rings is 1. The van der Waals surface area contributed by atoms with E-state index in [2.05, 4.69) is 6.07 Å². The Kier molecular flexibility index (Phi) is 6.05. The van der Waals surface area contributed by atoms with Gasteiger partial charge in [0.15, 0.2) is 0 Å². The predicted octanol–water partition coefficient (Wildman–Crippen LogP) is 2.42. The van der Waals surface area contributed by atoms with Crippen LogP contribution in [-0.4, -0.2) is 40.9 Å². The Bertz CT molecular complexity index is 676. The number of likely N-dealkylation sites (N-methyl/N-ethyl adjacent to an activating group) is 1. The Morgan fingerprint density at radius 3 is 2.65 bits per heavy atom. The first-order valence-corrected chi connectivity index (χ1v) is 7.66. The minimum Gasteiger partial charge on any atom is -0.491 e. The Balaban J connectivity index is 1.78. The topological polar surface area (TPSA) is 61.4 Å². The highest BCUT2D eigenvalue weighted by Crippen LogP contribution is 2.15. The molecule has 0 saturated heterocycles. The lowest BCUT2D eigenvalue weighted by Gasteiger charge is -2.21. The summed E-state index contributed by atoms with van der Waals surface area (Å²) in [6, 6.07) is 10.8. The van der Waals surface area contributed by atoms with E-state index in [1.165, 1.54) is 0 Å². The van der Waals surface area contributed by atoms with Gasteiger partial charge in [-0.1, -0.05) is 11.6 Å². The minimum absolute atomic E-state index is 0.199. The number of halogens is 1. The first-order chi connectivity index (χ1) is 11.0. The summed E-state index contributed by atoms with van der Waals surface area (Å²) in [5.41, 5.74) is 1.66. The maximum atomic E-state index is 10.1. The van der Waals surface area contributed by atoms with Crippen molar-refractivity contribution in [3.63, 3.8) is 0 Å². The second kappa shape index (κ2) is 8.02. The molecule has 0 spiro atoms. The molecular weight excluding hydrogens is 314 g/mol. The molecule has 2 aromatic rings.